The molecule has 0 bridgehead atoms. The van der Waals surface area contributed by atoms with Gasteiger partial charge < -0.3 is 4.74 Å². The molecule has 1 aromatic rings. The van der Waals surface area contributed by atoms with Crippen molar-refractivity contribution < 1.29 is 17.9 Å². The molecule has 1 heterocycles. The highest BCUT2D eigenvalue weighted by Crippen LogP contribution is 2.31. The van der Waals surface area contributed by atoms with Crippen molar-refractivity contribution in [3.05, 3.63) is 29.8 Å². The Balaban J connectivity index is 1.82. The summed E-state index contributed by atoms with van der Waals surface area (Å²) in [6.45, 7) is 5.51. The Kier molecular flexibility index (Phi) is 4.91. The first kappa shape index (κ1) is 15.2. The summed E-state index contributed by atoms with van der Waals surface area (Å²) in [5.74, 6) is 0.974. The summed E-state index contributed by atoms with van der Waals surface area (Å²) in [5, 5.41) is 0. The molecule has 0 N–H and O–H groups in total. The number of benzene rings is 1. The van der Waals surface area contributed by atoms with Gasteiger partial charge in [0.1, 0.15) is 12.4 Å². The summed E-state index contributed by atoms with van der Waals surface area (Å²) in [4.78, 5) is 2.31. The van der Waals surface area contributed by atoms with E-state index >= 15 is 0 Å². The SMILES string of the molecule is CC1CCCN(CCOc2cccc(C(F)(F)F)c2)C1. The molecule has 20 heavy (non-hydrogen) atoms. The molecule has 2 nitrogen and oxygen atoms in total. The highest BCUT2D eigenvalue weighted by atomic mass is 19.4. The molecular weight excluding hydrogens is 267 g/mol. The Bertz CT molecular complexity index is 433. The Morgan fingerprint density at radius 1 is 1.35 bits per heavy atom. The fourth-order valence-electron chi connectivity index (χ4n) is 2.54. The molecule has 1 fully saturated rings. The Labute approximate surface area is 117 Å². The van der Waals surface area contributed by atoms with Gasteiger partial charge >= 0.3 is 6.18 Å². The third kappa shape index (κ3) is 4.40. The van der Waals surface area contributed by atoms with E-state index < -0.39 is 11.7 Å². The van der Waals surface area contributed by atoms with Crippen molar-refractivity contribution >= 4 is 0 Å². The standard InChI is InChI=1S/C15H20F3NO/c1-12-4-3-7-19(11-12)8-9-20-14-6-2-5-13(10-14)15(16,17)18/h2,5-6,10,12H,3-4,7-9,11H2,1H3. The first-order valence-electron chi connectivity index (χ1n) is 6.97. The molecule has 0 spiro atoms. The average Bonchev–Trinajstić information content (AvgIpc) is 2.38. The third-order valence-electron chi connectivity index (χ3n) is 3.58. The van der Waals surface area contributed by atoms with Crippen LogP contribution in [0.15, 0.2) is 24.3 Å². The predicted molar refractivity (Wildman–Crippen MR) is 71.8 cm³/mol. The van der Waals surface area contributed by atoms with E-state index in [-0.39, 0.29) is 5.75 Å². The molecule has 0 amide bonds. The van der Waals surface area contributed by atoms with Crippen LogP contribution in [0.1, 0.15) is 25.3 Å². The zero-order chi connectivity index (χ0) is 14.6. The van der Waals surface area contributed by atoms with Crippen molar-refractivity contribution in [1.29, 1.82) is 0 Å². The van der Waals surface area contributed by atoms with E-state index in [0.29, 0.717) is 12.5 Å². The van der Waals surface area contributed by atoms with Crippen molar-refractivity contribution in [2.45, 2.75) is 25.9 Å². The number of ether oxygens (including phenoxy) is 1. The van der Waals surface area contributed by atoms with Gasteiger partial charge in [0.2, 0.25) is 0 Å². The molecule has 5 heteroatoms. The predicted octanol–water partition coefficient (Wildman–Crippen LogP) is 3.82. The highest BCUT2D eigenvalue weighted by Gasteiger charge is 2.30. The van der Waals surface area contributed by atoms with Gasteiger partial charge in [0.25, 0.3) is 0 Å². The number of rotatable bonds is 4. The van der Waals surface area contributed by atoms with Crippen molar-refractivity contribution in [2.24, 2.45) is 5.92 Å². The number of hydrogen-bond donors (Lipinski definition) is 0. The molecule has 1 aromatic carbocycles. The van der Waals surface area contributed by atoms with Crippen LogP contribution >= 0.6 is 0 Å². The molecule has 1 aliphatic rings. The van der Waals surface area contributed by atoms with Gasteiger partial charge in [-0.1, -0.05) is 13.0 Å². The summed E-state index contributed by atoms with van der Waals surface area (Å²) < 4.78 is 43.1. The van der Waals surface area contributed by atoms with Crippen LogP contribution < -0.4 is 4.74 Å². The van der Waals surface area contributed by atoms with E-state index in [1.54, 1.807) is 6.07 Å². The van der Waals surface area contributed by atoms with Crippen LogP contribution in [-0.4, -0.2) is 31.1 Å². The monoisotopic (exact) mass is 287 g/mol. The molecule has 0 saturated carbocycles. The molecule has 2 rings (SSSR count). The number of piperidine rings is 1. The lowest BCUT2D eigenvalue weighted by Crippen LogP contribution is -2.37. The van der Waals surface area contributed by atoms with Crippen LogP contribution in [0.4, 0.5) is 13.2 Å². The van der Waals surface area contributed by atoms with Crippen LogP contribution in [0.25, 0.3) is 0 Å². The van der Waals surface area contributed by atoms with Gasteiger partial charge in [0, 0.05) is 13.1 Å². The van der Waals surface area contributed by atoms with Crippen LogP contribution in [0, 0.1) is 5.92 Å². The average molecular weight is 287 g/mol. The smallest absolute Gasteiger partial charge is 0.416 e. The van der Waals surface area contributed by atoms with E-state index in [0.717, 1.165) is 31.8 Å². The number of halogens is 3. The lowest BCUT2D eigenvalue weighted by Gasteiger charge is -2.30. The minimum absolute atomic E-state index is 0.282. The molecule has 112 valence electrons. The fourth-order valence-corrected chi connectivity index (χ4v) is 2.54. The maximum absolute atomic E-state index is 12.6. The second kappa shape index (κ2) is 6.48. The van der Waals surface area contributed by atoms with Crippen LogP contribution in [0.5, 0.6) is 5.75 Å². The number of likely N-dealkylation sites (tertiary alicyclic amines) is 1. The summed E-state index contributed by atoms with van der Waals surface area (Å²) in [5.41, 5.74) is -0.665. The van der Waals surface area contributed by atoms with Gasteiger partial charge in [-0.25, -0.2) is 0 Å². The van der Waals surface area contributed by atoms with Crippen LogP contribution in [0.2, 0.25) is 0 Å². The largest absolute Gasteiger partial charge is 0.492 e. The summed E-state index contributed by atoms with van der Waals surface area (Å²) >= 11 is 0. The molecule has 0 aliphatic carbocycles. The lowest BCUT2D eigenvalue weighted by molar-refractivity contribution is -0.137. The number of nitrogens with zero attached hydrogens (tertiary/aromatic N) is 1. The van der Waals surface area contributed by atoms with Gasteiger partial charge in [-0.05, 0) is 43.5 Å². The van der Waals surface area contributed by atoms with E-state index in [9.17, 15) is 13.2 Å². The van der Waals surface area contributed by atoms with Gasteiger partial charge in [-0.15, -0.1) is 0 Å². The normalized spacial score (nSPS) is 20.9. The third-order valence-corrected chi connectivity index (χ3v) is 3.58. The lowest BCUT2D eigenvalue weighted by atomic mass is 10.0. The first-order chi connectivity index (χ1) is 9.45. The van der Waals surface area contributed by atoms with Crippen molar-refractivity contribution in [2.75, 3.05) is 26.2 Å². The van der Waals surface area contributed by atoms with Crippen LogP contribution in [-0.2, 0) is 6.18 Å². The zero-order valence-electron chi connectivity index (χ0n) is 11.6. The maximum Gasteiger partial charge on any atom is 0.416 e. The molecular formula is C15H20F3NO. The number of alkyl halides is 3. The molecule has 1 atom stereocenters. The summed E-state index contributed by atoms with van der Waals surface area (Å²) in [6.07, 6.45) is -1.88. The topological polar surface area (TPSA) is 12.5 Å². The van der Waals surface area contributed by atoms with Crippen LogP contribution in [0.3, 0.4) is 0 Å². The Hall–Kier alpha value is -1.23. The molecule has 0 radical (unpaired) electrons. The van der Waals surface area contributed by atoms with Gasteiger partial charge in [-0.3, -0.25) is 4.90 Å². The van der Waals surface area contributed by atoms with Crippen molar-refractivity contribution in [1.82, 2.24) is 4.90 Å². The molecule has 0 aromatic heterocycles. The van der Waals surface area contributed by atoms with E-state index in [1.807, 2.05) is 0 Å². The number of hydrogen-bond acceptors (Lipinski definition) is 2. The first-order valence-corrected chi connectivity index (χ1v) is 6.97. The summed E-state index contributed by atoms with van der Waals surface area (Å²) in [7, 11) is 0. The van der Waals surface area contributed by atoms with Gasteiger partial charge in [0.05, 0.1) is 5.56 Å². The quantitative estimate of drug-likeness (QED) is 0.835. The summed E-state index contributed by atoms with van der Waals surface area (Å²) in [6, 6.07) is 5.05. The van der Waals surface area contributed by atoms with Crippen molar-refractivity contribution in [3.63, 3.8) is 0 Å². The maximum atomic E-state index is 12.6. The highest BCUT2D eigenvalue weighted by molar-refractivity contribution is 5.30. The fraction of sp³-hybridized carbons (Fsp3) is 0.600. The van der Waals surface area contributed by atoms with E-state index in [4.69, 9.17) is 4.74 Å². The van der Waals surface area contributed by atoms with Gasteiger partial charge in [0.15, 0.2) is 0 Å². The minimum atomic E-state index is -4.32. The zero-order valence-corrected chi connectivity index (χ0v) is 11.6. The second-order valence-corrected chi connectivity index (χ2v) is 5.42. The van der Waals surface area contributed by atoms with Gasteiger partial charge in [-0.2, -0.15) is 13.2 Å². The molecule has 1 unspecified atom stereocenters. The van der Waals surface area contributed by atoms with E-state index in [2.05, 4.69) is 11.8 Å². The molecule has 1 saturated heterocycles. The van der Waals surface area contributed by atoms with E-state index in [1.165, 1.54) is 18.9 Å². The Morgan fingerprint density at radius 3 is 2.85 bits per heavy atom. The van der Waals surface area contributed by atoms with Crippen molar-refractivity contribution in [3.8, 4) is 5.75 Å². The Morgan fingerprint density at radius 2 is 2.15 bits per heavy atom. The second-order valence-electron chi connectivity index (χ2n) is 5.42. The minimum Gasteiger partial charge on any atom is -0.492 e. The molecule has 1 aliphatic heterocycles.